The summed E-state index contributed by atoms with van der Waals surface area (Å²) in [7, 11) is -3.45. The number of piperidine rings is 1. The zero-order chi connectivity index (χ0) is 14.4. The van der Waals surface area contributed by atoms with E-state index in [9.17, 15) is 18.3 Å². The van der Waals surface area contributed by atoms with Crippen LogP contribution in [0.1, 0.15) is 51.4 Å². The second-order valence-corrected chi connectivity index (χ2v) is 8.79. The lowest BCUT2D eigenvalue weighted by molar-refractivity contribution is -0.142. The highest BCUT2D eigenvalue weighted by Crippen LogP contribution is 2.54. The minimum atomic E-state index is -3.45. The monoisotopic (exact) mass is 301 g/mol. The number of carbonyl (C=O) groups is 1. The summed E-state index contributed by atoms with van der Waals surface area (Å²) in [5, 5.41) is 9.26. The Morgan fingerprint density at radius 3 is 2.45 bits per heavy atom. The van der Waals surface area contributed by atoms with Crippen LogP contribution in [0.25, 0.3) is 0 Å². The molecule has 1 atom stereocenters. The van der Waals surface area contributed by atoms with Crippen LogP contribution in [0.2, 0.25) is 0 Å². The molecule has 0 aromatic heterocycles. The topological polar surface area (TPSA) is 74.7 Å². The molecule has 0 aromatic carbocycles. The molecule has 5 nitrogen and oxygen atoms in total. The average Bonchev–Trinajstić information content (AvgIpc) is 2.97. The van der Waals surface area contributed by atoms with Crippen LogP contribution < -0.4 is 0 Å². The van der Waals surface area contributed by atoms with E-state index in [1.54, 1.807) is 0 Å². The first-order valence-corrected chi connectivity index (χ1v) is 9.25. The Hall–Kier alpha value is -0.620. The fraction of sp³-hybridized carbons (Fsp3) is 0.929. The Kier molecular flexibility index (Phi) is 3.57. The molecule has 2 bridgehead atoms. The van der Waals surface area contributed by atoms with Crippen LogP contribution in [0.4, 0.5) is 0 Å². The molecular formula is C14H23NO4S. The van der Waals surface area contributed by atoms with Crippen molar-refractivity contribution in [2.75, 3.05) is 12.3 Å². The molecule has 20 heavy (non-hydrogen) atoms. The molecule has 6 heteroatoms. The fourth-order valence-corrected chi connectivity index (χ4v) is 6.81. The van der Waals surface area contributed by atoms with Crippen molar-refractivity contribution in [1.82, 2.24) is 4.31 Å². The van der Waals surface area contributed by atoms with Gasteiger partial charge >= 0.3 is 5.97 Å². The van der Waals surface area contributed by atoms with Crippen molar-refractivity contribution in [1.29, 1.82) is 0 Å². The summed E-state index contributed by atoms with van der Waals surface area (Å²) in [5.41, 5.74) is -0.0516. The molecule has 0 aromatic rings. The molecule has 3 aliphatic rings. The Bertz CT molecular complexity index is 493. The molecule has 2 aliphatic carbocycles. The van der Waals surface area contributed by atoms with Gasteiger partial charge in [0.2, 0.25) is 10.0 Å². The lowest BCUT2D eigenvalue weighted by atomic mass is 9.87. The van der Waals surface area contributed by atoms with Crippen LogP contribution in [-0.2, 0) is 14.8 Å². The van der Waals surface area contributed by atoms with Gasteiger partial charge in [0.05, 0.1) is 5.75 Å². The molecular weight excluding hydrogens is 278 g/mol. The third kappa shape index (κ3) is 2.48. The van der Waals surface area contributed by atoms with Crippen LogP contribution in [-0.4, -0.2) is 42.1 Å². The summed E-state index contributed by atoms with van der Waals surface area (Å²) in [5.74, 6) is -0.122. The Morgan fingerprint density at radius 1 is 1.20 bits per heavy atom. The lowest BCUT2D eigenvalue weighted by Crippen LogP contribution is -2.50. The maximum atomic E-state index is 12.7. The van der Waals surface area contributed by atoms with E-state index in [0.29, 0.717) is 18.9 Å². The third-order valence-electron chi connectivity index (χ3n) is 5.47. The highest BCUT2D eigenvalue weighted by molar-refractivity contribution is 7.89. The van der Waals surface area contributed by atoms with Crippen molar-refractivity contribution in [3.8, 4) is 0 Å². The van der Waals surface area contributed by atoms with Gasteiger partial charge in [-0.05, 0) is 62.7 Å². The van der Waals surface area contributed by atoms with Crippen LogP contribution in [0.3, 0.4) is 0 Å². The predicted octanol–water partition coefficient (Wildman–Crippen LogP) is 1.84. The van der Waals surface area contributed by atoms with Gasteiger partial charge < -0.3 is 5.11 Å². The van der Waals surface area contributed by atoms with Crippen LogP contribution in [0, 0.1) is 11.3 Å². The van der Waals surface area contributed by atoms with Gasteiger partial charge in [-0.2, -0.15) is 4.31 Å². The zero-order valence-corrected chi connectivity index (χ0v) is 12.6. The van der Waals surface area contributed by atoms with E-state index >= 15 is 0 Å². The van der Waals surface area contributed by atoms with Crippen molar-refractivity contribution in [3.63, 3.8) is 0 Å². The molecule has 114 valence electrons. The highest BCUT2D eigenvalue weighted by atomic mass is 32.2. The second kappa shape index (κ2) is 4.98. The predicted molar refractivity (Wildman–Crippen MR) is 74.8 cm³/mol. The first kappa shape index (κ1) is 14.3. The van der Waals surface area contributed by atoms with E-state index in [1.165, 1.54) is 4.31 Å². The number of hydrogen-bond donors (Lipinski definition) is 1. The van der Waals surface area contributed by atoms with Gasteiger partial charge in [-0.3, -0.25) is 4.79 Å². The van der Waals surface area contributed by atoms with E-state index < -0.39 is 22.0 Å². The van der Waals surface area contributed by atoms with Crippen molar-refractivity contribution in [2.45, 2.75) is 57.4 Å². The van der Waals surface area contributed by atoms with Gasteiger partial charge in [0.15, 0.2) is 0 Å². The molecule has 0 amide bonds. The Morgan fingerprint density at radius 2 is 1.90 bits per heavy atom. The zero-order valence-electron chi connectivity index (χ0n) is 11.8. The molecule has 0 spiro atoms. The summed E-state index contributed by atoms with van der Waals surface area (Å²) in [6.07, 6.45) is 7.36. The summed E-state index contributed by atoms with van der Waals surface area (Å²) in [4.78, 5) is 11.3. The van der Waals surface area contributed by atoms with E-state index in [-0.39, 0.29) is 11.2 Å². The van der Waals surface area contributed by atoms with Gasteiger partial charge in [-0.15, -0.1) is 0 Å². The highest BCUT2D eigenvalue weighted by Gasteiger charge is 2.49. The molecule has 1 saturated heterocycles. The van der Waals surface area contributed by atoms with Crippen LogP contribution in [0.15, 0.2) is 0 Å². The number of sulfonamides is 1. The van der Waals surface area contributed by atoms with Crippen LogP contribution in [0.5, 0.6) is 0 Å². The largest absolute Gasteiger partial charge is 0.480 e. The molecule has 3 rings (SSSR count). The first-order chi connectivity index (χ1) is 9.42. The van der Waals surface area contributed by atoms with Gasteiger partial charge in [0.1, 0.15) is 6.04 Å². The number of rotatable bonds is 4. The quantitative estimate of drug-likeness (QED) is 0.859. The number of aliphatic carboxylic acids is 1. The maximum absolute atomic E-state index is 12.7. The molecule has 1 N–H and O–H groups in total. The second-order valence-electron chi connectivity index (χ2n) is 6.86. The minimum Gasteiger partial charge on any atom is -0.480 e. The third-order valence-corrected chi connectivity index (χ3v) is 7.60. The maximum Gasteiger partial charge on any atom is 0.322 e. The van der Waals surface area contributed by atoms with Gasteiger partial charge in [-0.25, -0.2) is 8.42 Å². The molecule has 1 heterocycles. The molecule has 3 fully saturated rings. The van der Waals surface area contributed by atoms with Crippen molar-refractivity contribution >= 4 is 16.0 Å². The van der Waals surface area contributed by atoms with E-state index in [1.807, 2.05) is 0 Å². The summed E-state index contributed by atoms with van der Waals surface area (Å²) < 4.78 is 26.7. The number of nitrogens with zero attached hydrogens (tertiary/aromatic N) is 1. The van der Waals surface area contributed by atoms with Gasteiger partial charge in [-0.1, -0.05) is 0 Å². The number of carboxylic acid groups (broad SMARTS) is 1. The Labute approximate surface area is 120 Å². The average molecular weight is 301 g/mol. The fourth-order valence-electron chi connectivity index (χ4n) is 4.47. The molecule has 0 radical (unpaired) electrons. The molecule has 1 unspecified atom stereocenters. The summed E-state index contributed by atoms with van der Waals surface area (Å²) in [6, 6.07) is -0.844. The van der Waals surface area contributed by atoms with Gasteiger partial charge in [0.25, 0.3) is 0 Å². The number of fused-ring (bicyclic) bond motifs is 2. The number of hydrogen-bond acceptors (Lipinski definition) is 3. The van der Waals surface area contributed by atoms with Crippen molar-refractivity contribution in [2.24, 2.45) is 11.3 Å². The lowest BCUT2D eigenvalue weighted by Gasteiger charge is -2.35. The van der Waals surface area contributed by atoms with E-state index in [4.69, 9.17) is 0 Å². The summed E-state index contributed by atoms with van der Waals surface area (Å²) >= 11 is 0. The molecule has 1 aliphatic heterocycles. The normalized spacial score (nSPS) is 38.2. The first-order valence-electron chi connectivity index (χ1n) is 7.64. The van der Waals surface area contributed by atoms with E-state index in [0.717, 1.165) is 44.9 Å². The van der Waals surface area contributed by atoms with E-state index in [2.05, 4.69) is 0 Å². The number of carboxylic acids is 1. The Balaban J connectivity index is 1.78. The van der Waals surface area contributed by atoms with Crippen LogP contribution >= 0.6 is 0 Å². The summed E-state index contributed by atoms with van der Waals surface area (Å²) in [6.45, 7) is 0.374. The van der Waals surface area contributed by atoms with Crippen molar-refractivity contribution in [3.05, 3.63) is 0 Å². The van der Waals surface area contributed by atoms with Crippen molar-refractivity contribution < 1.29 is 18.3 Å². The minimum absolute atomic E-state index is 0.0516. The standard InChI is InChI=1S/C14H23NO4S/c16-13(17)12-3-1-2-8-15(12)20(18,19)10-14-6-4-11(9-14)5-7-14/h11-12H,1-10H2,(H,16,17). The van der Waals surface area contributed by atoms with Gasteiger partial charge in [0, 0.05) is 6.54 Å². The molecule has 2 saturated carbocycles. The SMILES string of the molecule is O=C(O)C1CCCCN1S(=O)(=O)CC12CCC(CC1)C2. The smallest absolute Gasteiger partial charge is 0.322 e.